The van der Waals surface area contributed by atoms with Crippen molar-refractivity contribution in [1.82, 2.24) is 0 Å². The summed E-state index contributed by atoms with van der Waals surface area (Å²) in [6.07, 6.45) is 1.40. The number of aryl methyl sites for hydroxylation is 3. The Kier molecular flexibility index (Phi) is 6.54. The van der Waals surface area contributed by atoms with Crippen molar-refractivity contribution in [2.75, 3.05) is 15.9 Å². The van der Waals surface area contributed by atoms with Gasteiger partial charge in [0, 0.05) is 10.7 Å². The Bertz CT molecular complexity index is 934. The summed E-state index contributed by atoms with van der Waals surface area (Å²) in [5, 5.41) is 3.32. The van der Waals surface area contributed by atoms with Crippen LogP contribution in [0.15, 0.2) is 36.4 Å². The molecule has 2 aromatic carbocycles. The van der Waals surface area contributed by atoms with Crippen LogP contribution in [-0.2, 0) is 14.8 Å². The van der Waals surface area contributed by atoms with Gasteiger partial charge in [-0.3, -0.25) is 9.10 Å². The summed E-state index contributed by atoms with van der Waals surface area (Å²) in [6, 6.07) is 9.56. The standard InChI is InChI=1S/C20H25ClN2O3S/c1-6-18(20(24)22-19-14(3)10-13(2)11-15(19)4)23(27(5,25)26)17-9-7-8-16(21)12-17/h7-12,18H,6H2,1-5H3,(H,22,24). The maximum atomic E-state index is 13.0. The zero-order chi connectivity index (χ0) is 20.4. The van der Waals surface area contributed by atoms with Gasteiger partial charge in [0.05, 0.1) is 11.9 Å². The molecule has 2 aromatic rings. The van der Waals surface area contributed by atoms with Gasteiger partial charge in [0.1, 0.15) is 6.04 Å². The van der Waals surface area contributed by atoms with E-state index < -0.39 is 16.1 Å². The van der Waals surface area contributed by atoms with Crippen LogP contribution < -0.4 is 9.62 Å². The number of sulfonamides is 1. The van der Waals surface area contributed by atoms with Crippen molar-refractivity contribution in [3.05, 3.63) is 58.1 Å². The van der Waals surface area contributed by atoms with Crippen LogP contribution in [0.5, 0.6) is 0 Å². The largest absolute Gasteiger partial charge is 0.324 e. The molecule has 1 unspecified atom stereocenters. The van der Waals surface area contributed by atoms with Gasteiger partial charge in [0.15, 0.2) is 0 Å². The van der Waals surface area contributed by atoms with Gasteiger partial charge < -0.3 is 5.32 Å². The summed E-state index contributed by atoms with van der Waals surface area (Å²) in [4.78, 5) is 13.0. The topological polar surface area (TPSA) is 66.5 Å². The van der Waals surface area contributed by atoms with Gasteiger partial charge in [-0.25, -0.2) is 8.42 Å². The molecular formula is C20H25ClN2O3S. The molecule has 0 spiro atoms. The van der Waals surface area contributed by atoms with Crippen LogP contribution in [0, 0.1) is 20.8 Å². The van der Waals surface area contributed by atoms with Crippen LogP contribution in [-0.4, -0.2) is 26.6 Å². The molecule has 1 amide bonds. The molecule has 27 heavy (non-hydrogen) atoms. The molecule has 0 saturated carbocycles. The van der Waals surface area contributed by atoms with E-state index in [4.69, 9.17) is 11.6 Å². The van der Waals surface area contributed by atoms with Crippen molar-refractivity contribution < 1.29 is 13.2 Å². The van der Waals surface area contributed by atoms with E-state index in [-0.39, 0.29) is 5.91 Å². The number of nitrogens with zero attached hydrogens (tertiary/aromatic N) is 1. The molecule has 0 aliphatic rings. The first-order valence-electron chi connectivity index (χ1n) is 8.68. The lowest BCUT2D eigenvalue weighted by molar-refractivity contribution is -0.117. The smallest absolute Gasteiger partial charge is 0.248 e. The highest BCUT2D eigenvalue weighted by atomic mass is 35.5. The fourth-order valence-electron chi connectivity index (χ4n) is 3.26. The second-order valence-corrected chi connectivity index (χ2v) is 9.02. The van der Waals surface area contributed by atoms with E-state index in [0.717, 1.165) is 27.3 Å². The molecule has 0 aliphatic heterocycles. The maximum Gasteiger partial charge on any atom is 0.248 e. The molecule has 146 valence electrons. The highest BCUT2D eigenvalue weighted by Crippen LogP contribution is 2.27. The molecule has 5 nitrogen and oxygen atoms in total. The number of rotatable bonds is 6. The van der Waals surface area contributed by atoms with Crippen molar-refractivity contribution in [3.63, 3.8) is 0 Å². The number of halogens is 1. The van der Waals surface area contributed by atoms with Crippen molar-refractivity contribution in [2.24, 2.45) is 0 Å². The lowest BCUT2D eigenvalue weighted by Gasteiger charge is -2.30. The average Bonchev–Trinajstić information content (AvgIpc) is 2.54. The van der Waals surface area contributed by atoms with Gasteiger partial charge in [0.25, 0.3) is 0 Å². The second kappa shape index (κ2) is 8.31. The van der Waals surface area contributed by atoms with Gasteiger partial charge >= 0.3 is 0 Å². The minimum atomic E-state index is -3.70. The second-order valence-electron chi connectivity index (χ2n) is 6.73. The Labute approximate surface area is 166 Å². The van der Waals surface area contributed by atoms with E-state index in [1.165, 1.54) is 0 Å². The van der Waals surface area contributed by atoms with Crippen LogP contribution in [0.2, 0.25) is 5.02 Å². The third-order valence-electron chi connectivity index (χ3n) is 4.32. The molecule has 1 N–H and O–H groups in total. The molecule has 0 bridgehead atoms. The molecular weight excluding hydrogens is 384 g/mol. The Hall–Kier alpha value is -2.05. The molecule has 0 radical (unpaired) electrons. The Morgan fingerprint density at radius 1 is 1.15 bits per heavy atom. The van der Waals surface area contributed by atoms with Crippen molar-refractivity contribution in [2.45, 2.75) is 40.2 Å². The van der Waals surface area contributed by atoms with Gasteiger partial charge in [-0.2, -0.15) is 0 Å². The van der Waals surface area contributed by atoms with Crippen LogP contribution in [0.3, 0.4) is 0 Å². The monoisotopic (exact) mass is 408 g/mol. The average molecular weight is 409 g/mol. The van der Waals surface area contributed by atoms with Crippen molar-refractivity contribution in [3.8, 4) is 0 Å². The number of anilines is 2. The summed E-state index contributed by atoms with van der Waals surface area (Å²) in [7, 11) is -3.70. The molecule has 2 rings (SSSR count). The highest BCUT2D eigenvalue weighted by Gasteiger charge is 2.32. The fourth-order valence-corrected chi connectivity index (χ4v) is 4.65. The molecule has 0 saturated heterocycles. The fraction of sp³-hybridized carbons (Fsp3) is 0.350. The number of carbonyl (C=O) groups is 1. The quantitative estimate of drug-likeness (QED) is 0.767. The summed E-state index contributed by atoms with van der Waals surface area (Å²) in [6.45, 7) is 7.61. The number of amides is 1. The minimum Gasteiger partial charge on any atom is -0.324 e. The van der Waals surface area contributed by atoms with Crippen LogP contribution in [0.25, 0.3) is 0 Å². The van der Waals surface area contributed by atoms with Crippen LogP contribution >= 0.6 is 11.6 Å². The highest BCUT2D eigenvalue weighted by molar-refractivity contribution is 7.92. The Balaban J connectivity index is 2.44. The predicted molar refractivity (Wildman–Crippen MR) is 112 cm³/mol. The molecule has 1 atom stereocenters. The van der Waals surface area contributed by atoms with Crippen molar-refractivity contribution >= 4 is 38.9 Å². The van der Waals surface area contributed by atoms with Gasteiger partial charge in [0.2, 0.25) is 15.9 Å². The molecule has 0 aliphatic carbocycles. The summed E-state index contributed by atoms with van der Waals surface area (Å²) >= 11 is 6.03. The molecule has 0 aromatic heterocycles. The van der Waals surface area contributed by atoms with E-state index >= 15 is 0 Å². The van der Waals surface area contributed by atoms with Gasteiger partial charge in [-0.05, 0) is 56.5 Å². The van der Waals surface area contributed by atoms with E-state index in [0.29, 0.717) is 22.8 Å². The molecule has 0 heterocycles. The number of benzene rings is 2. The summed E-state index contributed by atoms with van der Waals surface area (Å²) in [5.41, 5.74) is 4.05. The third kappa shape index (κ3) is 5.02. The van der Waals surface area contributed by atoms with E-state index in [1.54, 1.807) is 31.2 Å². The van der Waals surface area contributed by atoms with Crippen LogP contribution in [0.4, 0.5) is 11.4 Å². The van der Waals surface area contributed by atoms with Crippen molar-refractivity contribution in [1.29, 1.82) is 0 Å². The van der Waals surface area contributed by atoms with Crippen LogP contribution in [0.1, 0.15) is 30.0 Å². The third-order valence-corrected chi connectivity index (χ3v) is 5.73. The molecule has 7 heteroatoms. The summed E-state index contributed by atoms with van der Waals surface area (Å²) in [5.74, 6) is -0.377. The first-order valence-corrected chi connectivity index (χ1v) is 10.9. The first-order chi connectivity index (χ1) is 12.5. The zero-order valence-corrected chi connectivity index (χ0v) is 17.8. The summed E-state index contributed by atoms with van der Waals surface area (Å²) < 4.78 is 26.1. The number of hydrogen-bond donors (Lipinski definition) is 1. The minimum absolute atomic E-state index is 0.315. The number of carbonyl (C=O) groups excluding carboxylic acids is 1. The number of hydrogen-bond acceptors (Lipinski definition) is 3. The Morgan fingerprint density at radius 3 is 2.22 bits per heavy atom. The van der Waals surface area contributed by atoms with Gasteiger partial charge in [-0.15, -0.1) is 0 Å². The Morgan fingerprint density at radius 2 is 1.74 bits per heavy atom. The molecule has 0 fully saturated rings. The SMILES string of the molecule is CCC(C(=O)Nc1c(C)cc(C)cc1C)N(c1cccc(Cl)c1)S(C)(=O)=O. The van der Waals surface area contributed by atoms with E-state index in [2.05, 4.69) is 5.32 Å². The number of nitrogens with one attached hydrogen (secondary N) is 1. The predicted octanol–water partition coefficient (Wildman–Crippen LogP) is 4.45. The lowest BCUT2D eigenvalue weighted by Crippen LogP contribution is -2.47. The maximum absolute atomic E-state index is 13.0. The normalized spacial score (nSPS) is 12.5. The lowest BCUT2D eigenvalue weighted by atomic mass is 10.0. The van der Waals surface area contributed by atoms with E-state index in [1.807, 2.05) is 32.9 Å². The van der Waals surface area contributed by atoms with E-state index in [9.17, 15) is 13.2 Å². The zero-order valence-electron chi connectivity index (χ0n) is 16.2. The van der Waals surface area contributed by atoms with Gasteiger partial charge in [-0.1, -0.05) is 42.3 Å². The first kappa shape index (κ1) is 21.3.